The normalized spacial score (nSPS) is 14.3. The van der Waals surface area contributed by atoms with Crippen LogP contribution >= 0.6 is 0 Å². The molecule has 0 spiro atoms. The van der Waals surface area contributed by atoms with Crippen LogP contribution in [0.15, 0.2) is 0 Å². The van der Waals surface area contributed by atoms with Gasteiger partial charge in [0.25, 0.3) is 0 Å². The summed E-state index contributed by atoms with van der Waals surface area (Å²) >= 11 is 0. The Balaban J connectivity index is 3.15. The Morgan fingerprint density at radius 1 is 1.44 bits per heavy atom. The topological polar surface area (TPSA) is 38.0 Å². The van der Waals surface area contributed by atoms with Gasteiger partial charge in [0.1, 0.15) is 0 Å². The first kappa shape index (κ1) is 8.92. The van der Waals surface area contributed by atoms with Gasteiger partial charge in [-0.15, -0.1) is 0 Å². The molecule has 0 rings (SSSR count). The van der Waals surface area contributed by atoms with Crippen LogP contribution in [0.25, 0.3) is 0 Å². The molecule has 0 aromatic carbocycles. The Hall–Kier alpha value is -0.0800. The number of hydrogen-bond acceptors (Lipinski definition) is 2. The third-order valence-electron chi connectivity index (χ3n) is 1.24. The summed E-state index contributed by atoms with van der Waals surface area (Å²) in [4.78, 5) is 0. The van der Waals surface area contributed by atoms with E-state index in [0.29, 0.717) is 12.0 Å². The molecule has 0 radical (unpaired) electrons. The first-order valence-corrected chi connectivity index (χ1v) is 3.57. The minimum Gasteiger partial charge on any atom is -0.327 e. The van der Waals surface area contributed by atoms with Gasteiger partial charge in [0.2, 0.25) is 0 Å². The van der Waals surface area contributed by atoms with Gasteiger partial charge in [-0.3, -0.25) is 0 Å². The monoisotopic (exact) mass is 130 g/mol. The smallest absolute Gasteiger partial charge is 0.0167 e. The minimum absolute atomic E-state index is 0.329. The second kappa shape index (κ2) is 4.77. The zero-order valence-corrected chi connectivity index (χ0v) is 6.65. The van der Waals surface area contributed by atoms with E-state index in [1.165, 1.54) is 0 Å². The largest absolute Gasteiger partial charge is 0.327 e. The van der Waals surface area contributed by atoms with Crippen molar-refractivity contribution in [2.75, 3.05) is 13.6 Å². The molecule has 0 aromatic heterocycles. The van der Waals surface area contributed by atoms with Crippen molar-refractivity contribution in [3.63, 3.8) is 0 Å². The molecule has 0 unspecified atom stereocenters. The second-order valence-electron chi connectivity index (χ2n) is 2.95. The van der Waals surface area contributed by atoms with Crippen LogP contribution in [0.2, 0.25) is 0 Å². The third kappa shape index (κ3) is 5.80. The second-order valence-corrected chi connectivity index (χ2v) is 2.95. The van der Waals surface area contributed by atoms with E-state index in [1.807, 2.05) is 7.05 Å². The molecule has 2 heteroatoms. The van der Waals surface area contributed by atoms with E-state index < -0.39 is 0 Å². The SMILES string of the molecule is CNC[C@H](N)CC(C)C. The summed E-state index contributed by atoms with van der Waals surface area (Å²) in [7, 11) is 1.93. The van der Waals surface area contributed by atoms with E-state index in [0.717, 1.165) is 13.0 Å². The van der Waals surface area contributed by atoms with Gasteiger partial charge in [-0.25, -0.2) is 0 Å². The standard InChI is InChI=1S/C7H18N2/c1-6(2)4-7(8)5-9-3/h6-7,9H,4-5,8H2,1-3H3/t7-/m1/s1. The van der Waals surface area contributed by atoms with Crippen LogP contribution in [0.3, 0.4) is 0 Å². The summed E-state index contributed by atoms with van der Waals surface area (Å²) in [5.41, 5.74) is 5.72. The Kier molecular flexibility index (Phi) is 4.72. The lowest BCUT2D eigenvalue weighted by atomic mass is 10.1. The van der Waals surface area contributed by atoms with Crippen molar-refractivity contribution in [3.8, 4) is 0 Å². The maximum Gasteiger partial charge on any atom is 0.0167 e. The van der Waals surface area contributed by atoms with E-state index in [-0.39, 0.29) is 0 Å². The maximum absolute atomic E-state index is 5.72. The first-order valence-electron chi connectivity index (χ1n) is 3.57. The molecule has 0 saturated carbocycles. The van der Waals surface area contributed by atoms with Gasteiger partial charge in [0.15, 0.2) is 0 Å². The fourth-order valence-electron chi connectivity index (χ4n) is 0.951. The number of nitrogens with two attached hydrogens (primary N) is 1. The molecule has 9 heavy (non-hydrogen) atoms. The Labute approximate surface area is 57.8 Å². The van der Waals surface area contributed by atoms with E-state index in [1.54, 1.807) is 0 Å². The predicted octanol–water partition coefficient (Wildman–Crippen LogP) is 0.579. The van der Waals surface area contributed by atoms with E-state index in [4.69, 9.17) is 5.73 Å². The highest BCUT2D eigenvalue weighted by Gasteiger charge is 2.02. The van der Waals surface area contributed by atoms with Crippen molar-refractivity contribution >= 4 is 0 Å². The zero-order chi connectivity index (χ0) is 7.28. The van der Waals surface area contributed by atoms with Gasteiger partial charge in [-0.1, -0.05) is 13.8 Å². The fourth-order valence-corrected chi connectivity index (χ4v) is 0.951. The van der Waals surface area contributed by atoms with Crippen LogP contribution in [0, 0.1) is 5.92 Å². The van der Waals surface area contributed by atoms with Gasteiger partial charge in [0.05, 0.1) is 0 Å². The average molecular weight is 130 g/mol. The van der Waals surface area contributed by atoms with Crippen molar-refractivity contribution < 1.29 is 0 Å². The van der Waals surface area contributed by atoms with Gasteiger partial charge in [-0.2, -0.15) is 0 Å². The molecule has 0 amide bonds. The quantitative estimate of drug-likeness (QED) is 0.584. The highest BCUT2D eigenvalue weighted by molar-refractivity contribution is 4.64. The molecular formula is C7H18N2. The Morgan fingerprint density at radius 2 is 2.00 bits per heavy atom. The fraction of sp³-hybridized carbons (Fsp3) is 1.00. The van der Waals surface area contributed by atoms with Gasteiger partial charge >= 0.3 is 0 Å². The van der Waals surface area contributed by atoms with Crippen molar-refractivity contribution in [2.45, 2.75) is 26.3 Å². The minimum atomic E-state index is 0.329. The average Bonchev–Trinajstić information content (AvgIpc) is 1.63. The van der Waals surface area contributed by atoms with Crippen LogP contribution in [-0.2, 0) is 0 Å². The lowest BCUT2D eigenvalue weighted by Crippen LogP contribution is -2.32. The van der Waals surface area contributed by atoms with E-state index in [9.17, 15) is 0 Å². The molecule has 0 aliphatic rings. The maximum atomic E-state index is 5.72. The summed E-state index contributed by atoms with van der Waals surface area (Å²) in [6.45, 7) is 5.31. The van der Waals surface area contributed by atoms with Crippen LogP contribution in [0.4, 0.5) is 0 Å². The summed E-state index contributed by atoms with van der Waals surface area (Å²) in [6, 6.07) is 0.329. The molecule has 0 fully saturated rings. The molecular weight excluding hydrogens is 112 g/mol. The number of likely N-dealkylation sites (N-methyl/N-ethyl adjacent to an activating group) is 1. The molecule has 56 valence electrons. The van der Waals surface area contributed by atoms with Gasteiger partial charge in [0, 0.05) is 12.6 Å². The molecule has 2 nitrogen and oxygen atoms in total. The molecule has 3 N–H and O–H groups in total. The highest BCUT2D eigenvalue weighted by Crippen LogP contribution is 2.00. The molecule has 0 aliphatic carbocycles. The molecule has 0 heterocycles. The van der Waals surface area contributed by atoms with Crippen molar-refractivity contribution in [1.29, 1.82) is 0 Å². The Morgan fingerprint density at radius 3 is 2.33 bits per heavy atom. The highest BCUT2D eigenvalue weighted by atomic mass is 14.9. The number of nitrogens with one attached hydrogen (secondary N) is 1. The van der Waals surface area contributed by atoms with Crippen LogP contribution in [0.5, 0.6) is 0 Å². The molecule has 0 bridgehead atoms. The van der Waals surface area contributed by atoms with Crippen molar-refractivity contribution in [2.24, 2.45) is 11.7 Å². The van der Waals surface area contributed by atoms with Crippen LogP contribution in [-0.4, -0.2) is 19.6 Å². The summed E-state index contributed by atoms with van der Waals surface area (Å²) < 4.78 is 0. The summed E-state index contributed by atoms with van der Waals surface area (Å²) in [5.74, 6) is 0.716. The third-order valence-corrected chi connectivity index (χ3v) is 1.24. The Bertz CT molecular complexity index is 61.9. The molecule has 1 atom stereocenters. The van der Waals surface area contributed by atoms with E-state index >= 15 is 0 Å². The first-order chi connectivity index (χ1) is 4.16. The predicted molar refractivity (Wildman–Crippen MR) is 41.4 cm³/mol. The van der Waals surface area contributed by atoms with Crippen molar-refractivity contribution in [1.82, 2.24) is 5.32 Å². The van der Waals surface area contributed by atoms with Gasteiger partial charge < -0.3 is 11.1 Å². The van der Waals surface area contributed by atoms with E-state index in [2.05, 4.69) is 19.2 Å². The molecule has 0 saturated heterocycles. The zero-order valence-electron chi connectivity index (χ0n) is 6.65. The lowest BCUT2D eigenvalue weighted by Gasteiger charge is -2.12. The van der Waals surface area contributed by atoms with Crippen LogP contribution in [0.1, 0.15) is 20.3 Å². The number of rotatable bonds is 4. The molecule has 0 aliphatic heterocycles. The van der Waals surface area contributed by atoms with Crippen LogP contribution < -0.4 is 11.1 Å². The van der Waals surface area contributed by atoms with Crippen molar-refractivity contribution in [3.05, 3.63) is 0 Å². The number of hydrogen-bond donors (Lipinski definition) is 2. The summed E-state index contributed by atoms with van der Waals surface area (Å²) in [5, 5.41) is 3.05. The lowest BCUT2D eigenvalue weighted by molar-refractivity contribution is 0.481. The summed E-state index contributed by atoms with van der Waals surface area (Å²) in [6.07, 6.45) is 1.11. The van der Waals surface area contributed by atoms with Gasteiger partial charge in [-0.05, 0) is 19.4 Å². The molecule has 0 aromatic rings.